The minimum Gasteiger partial charge on any atom is -0.470 e. The van der Waals surface area contributed by atoms with E-state index in [1.165, 1.54) is 16.8 Å². The predicted molar refractivity (Wildman–Crippen MR) is 100 cm³/mol. The summed E-state index contributed by atoms with van der Waals surface area (Å²) in [6.07, 6.45) is 3.77. The molecule has 1 aromatic heterocycles. The smallest absolute Gasteiger partial charge is 0.236 e. The fourth-order valence-corrected chi connectivity index (χ4v) is 4.18. The predicted octanol–water partition coefficient (Wildman–Crippen LogP) is 0.103. The molecule has 0 saturated carbocycles. The third-order valence-corrected chi connectivity index (χ3v) is 6.30. The van der Waals surface area contributed by atoms with Crippen LogP contribution in [-0.4, -0.2) is 78.1 Å². The van der Waals surface area contributed by atoms with Gasteiger partial charge in [0.15, 0.2) is 0 Å². The number of rotatable bonds is 5. The molecule has 2 N–H and O–H groups in total. The minimum absolute atomic E-state index is 0.0185. The third kappa shape index (κ3) is 4.88. The van der Waals surface area contributed by atoms with Crippen molar-refractivity contribution in [2.24, 2.45) is 0 Å². The molecule has 10 nitrogen and oxygen atoms in total. The number of nitrogens with one attached hydrogen (secondary N) is 1. The summed E-state index contributed by atoms with van der Waals surface area (Å²) in [4.78, 5) is 8.47. The molecule has 3 heterocycles. The lowest BCUT2D eigenvalue weighted by Gasteiger charge is -2.36. The molecule has 11 heteroatoms. The van der Waals surface area contributed by atoms with Crippen molar-refractivity contribution in [3.05, 3.63) is 11.8 Å². The number of aromatic nitrogens is 2. The molecule has 2 aliphatic heterocycles. The topological polar surface area (TPSA) is 138 Å². The van der Waals surface area contributed by atoms with Gasteiger partial charge in [-0.25, -0.2) is 17.7 Å². The zero-order valence-electron chi connectivity index (χ0n) is 16.0. The van der Waals surface area contributed by atoms with Gasteiger partial charge < -0.3 is 19.9 Å². The van der Waals surface area contributed by atoms with E-state index in [9.17, 15) is 18.8 Å². The van der Waals surface area contributed by atoms with Crippen LogP contribution in [0, 0.1) is 11.3 Å². The van der Waals surface area contributed by atoms with Gasteiger partial charge >= 0.3 is 0 Å². The maximum atomic E-state index is 11.6. The Morgan fingerprint density at radius 3 is 2.75 bits per heavy atom. The van der Waals surface area contributed by atoms with Crippen molar-refractivity contribution in [3.63, 3.8) is 0 Å². The zero-order chi connectivity index (χ0) is 20.4. The maximum Gasteiger partial charge on any atom is 0.236 e. The molecule has 2 aliphatic rings. The highest BCUT2D eigenvalue weighted by molar-refractivity contribution is 7.88. The fourth-order valence-electron chi connectivity index (χ4n) is 3.31. The summed E-state index contributed by atoms with van der Waals surface area (Å²) in [5, 5.41) is 22.9. The fraction of sp³-hybridized carbons (Fsp3) is 0.706. The van der Waals surface area contributed by atoms with Gasteiger partial charge in [0.05, 0.1) is 25.7 Å². The van der Waals surface area contributed by atoms with Crippen LogP contribution in [-0.2, 0) is 14.8 Å². The number of nitrogens with zero attached hydrogens (tertiary/aromatic N) is 4. The summed E-state index contributed by atoms with van der Waals surface area (Å²) >= 11 is 0. The number of sulfonamides is 1. The Morgan fingerprint density at radius 2 is 2.14 bits per heavy atom. The van der Waals surface area contributed by atoms with E-state index in [0.29, 0.717) is 44.9 Å². The van der Waals surface area contributed by atoms with Crippen molar-refractivity contribution in [3.8, 4) is 11.9 Å². The van der Waals surface area contributed by atoms with Gasteiger partial charge in [0, 0.05) is 25.6 Å². The quantitative estimate of drug-likeness (QED) is 0.691. The molecule has 0 bridgehead atoms. The van der Waals surface area contributed by atoms with E-state index in [4.69, 9.17) is 9.47 Å². The van der Waals surface area contributed by atoms with Crippen molar-refractivity contribution in [1.29, 1.82) is 5.26 Å². The van der Waals surface area contributed by atoms with Gasteiger partial charge in [-0.3, -0.25) is 0 Å². The standard InChI is InChI=1S/C17H25N5O5S/c1-17(23)11-26-8-5-14(17)27-15-12(9-18)10-19-16(21-15)20-13-3-6-22(7-4-13)28(2,24)25/h10,13-14,23H,3-8,11H2,1-2H3,(H,19,20,21). The molecular weight excluding hydrogens is 386 g/mol. The molecule has 3 rings (SSSR count). The second-order valence-electron chi connectivity index (χ2n) is 7.41. The Bertz CT molecular complexity index is 846. The normalized spacial score (nSPS) is 27.1. The lowest BCUT2D eigenvalue weighted by atomic mass is 9.95. The van der Waals surface area contributed by atoms with Crippen LogP contribution in [0.15, 0.2) is 6.20 Å². The molecule has 154 valence electrons. The summed E-state index contributed by atoms with van der Waals surface area (Å²) in [7, 11) is -3.18. The van der Waals surface area contributed by atoms with Crippen LogP contribution in [0.25, 0.3) is 0 Å². The van der Waals surface area contributed by atoms with Crippen LogP contribution in [0.3, 0.4) is 0 Å². The molecule has 2 saturated heterocycles. The monoisotopic (exact) mass is 411 g/mol. The van der Waals surface area contributed by atoms with E-state index < -0.39 is 21.7 Å². The van der Waals surface area contributed by atoms with Gasteiger partial charge in [-0.15, -0.1) is 0 Å². The van der Waals surface area contributed by atoms with Crippen LogP contribution in [0.4, 0.5) is 5.95 Å². The molecule has 2 atom stereocenters. The van der Waals surface area contributed by atoms with E-state index in [0.717, 1.165) is 0 Å². The van der Waals surface area contributed by atoms with Crippen molar-refractivity contribution in [1.82, 2.24) is 14.3 Å². The highest BCUT2D eigenvalue weighted by atomic mass is 32.2. The van der Waals surface area contributed by atoms with Gasteiger partial charge in [0.1, 0.15) is 23.3 Å². The van der Waals surface area contributed by atoms with Crippen LogP contribution < -0.4 is 10.1 Å². The molecule has 0 aliphatic carbocycles. The van der Waals surface area contributed by atoms with Gasteiger partial charge in [0.2, 0.25) is 21.9 Å². The number of piperidine rings is 1. The first-order chi connectivity index (χ1) is 13.2. The van der Waals surface area contributed by atoms with Gasteiger partial charge in [0.25, 0.3) is 0 Å². The Kier molecular flexibility index (Phi) is 6.04. The Hall–Kier alpha value is -2.00. The van der Waals surface area contributed by atoms with E-state index >= 15 is 0 Å². The van der Waals surface area contributed by atoms with E-state index in [2.05, 4.69) is 15.3 Å². The Balaban J connectivity index is 1.69. The molecule has 0 radical (unpaired) electrons. The Morgan fingerprint density at radius 1 is 1.43 bits per heavy atom. The van der Waals surface area contributed by atoms with Crippen molar-refractivity contribution in [2.75, 3.05) is 37.9 Å². The van der Waals surface area contributed by atoms with E-state index in [1.807, 2.05) is 6.07 Å². The van der Waals surface area contributed by atoms with Crippen molar-refractivity contribution < 1.29 is 23.0 Å². The third-order valence-electron chi connectivity index (χ3n) is 5.00. The Labute approximate surface area is 164 Å². The van der Waals surface area contributed by atoms with Crippen LogP contribution in [0.1, 0.15) is 31.7 Å². The van der Waals surface area contributed by atoms with Crippen molar-refractivity contribution in [2.45, 2.75) is 43.9 Å². The number of ether oxygens (including phenoxy) is 2. The average Bonchev–Trinajstić information content (AvgIpc) is 2.63. The first-order valence-electron chi connectivity index (χ1n) is 9.14. The summed E-state index contributed by atoms with van der Waals surface area (Å²) < 4.78 is 35.8. The van der Waals surface area contributed by atoms with Gasteiger partial charge in [-0.1, -0.05) is 0 Å². The summed E-state index contributed by atoms with van der Waals surface area (Å²) in [6, 6.07) is 2.02. The highest BCUT2D eigenvalue weighted by Crippen LogP contribution is 2.27. The molecule has 0 spiro atoms. The van der Waals surface area contributed by atoms with E-state index in [1.54, 1.807) is 6.92 Å². The van der Waals surface area contributed by atoms with E-state index in [-0.39, 0.29) is 24.1 Å². The molecule has 0 aromatic carbocycles. The van der Waals surface area contributed by atoms with Crippen molar-refractivity contribution >= 4 is 16.0 Å². The van der Waals surface area contributed by atoms with Crippen LogP contribution in [0.5, 0.6) is 5.88 Å². The molecular formula is C17H25N5O5S. The summed E-state index contributed by atoms with van der Waals surface area (Å²) in [5.41, 5.74) is -0.998. The number of nitriles is 1. The van der Waals surface area contributed by atoms with Crippen LogP contribution >= 0.6 is 0 Å². The summed E-state index contributed by atoms with van der Waals surface area (Å²) in [5.74, 6) is 0.416. The highest BCUT2D eigenvalue weighted by Gasteiger charge is 2.38. The second-order valence-corrected chi connectivity index (χ2v) is 9.39. The molecule has 0 amide bonds. The number of aliphatic hydroxyl groups is 1. The van der Waals surface area contributed by atoms with Gasteiger partial charge in [-0.2, -0.15) is 10.2 Å². The maximum absolute atomic E-state index is 11.6. The lowest BCUT2D eigenvalue weighted by Crippen LogP contribution is -2.51. The first kappa shape index (κ1) is 20.7. The minimum atomic E-state index is -3.18. The molecule has 1 aromatic rings. The molecule has 2 unspecified atom stereocenters. The average molecular weight is 411 g/mol. The zero-order valence-corrected chi connectivity index (χ0v) is 16.8. The molecule has 2 fully saturated rings. The largest absolute Gasteiger partial charge is 0.470 e. The van der Waals surface area contributed by atoms with Gasteiger partial charge in [-0.05, 0) is 19.8 Å². The lowest BCUT2D eigenvalue weighted by molar-refractivity contribution is -0.139. The van der Waals surface area contributed by atoms with Crippen LogP contribution in [0.2, 0.25) is 0 Å². The number of hydrogen-bond acceptors (Lipinski definition) is 9. The first-order valence-corrected chi connectivity index (χ1v) is 11.0. The SMILES string of the molecule is CC1(O)COCCC1Oc1nc(NC2CCN(S(C)(=O)=O)CC2)ncc1C#N. The molecule has 28 heavy (non-hydrogen) atoms. The summed E-state index contributed by atoms with van der Waals surface area (Å²) in [6.45, 7) is 3.09. The second kappa shape index (κ2) is 8.16. The number of anilines is 1. The number of hydrogen-bond donors (Lipinski definition) is 2.